The van der Waals surface area contributed by atoms with Gasteiger partial charge in [-0.25, -0.2) is 13.4 Å². The number of anilines is 1. The van der Waals surface area contributed by atoms with Crippen molar-refractivity contribution < 1.29 is 149 Å². The first kappa shape index (κ1) is 87.6. The van der Waals surface area contributed by atoms with E-state index in [0.29, 0.717) is 49.8 Å². The number of amides is 2. The van der Waals surface area contributed by atoms with Gasteiger partial charge in [0.15, 0.2) is 22.9 Å². The first-order valence-electron chi connectivity index (χ1n) is 31.6. The molecule has 560 valence electrons. The van der Waals surface area contributed by atoms with Crippen molar-refractivity contribution in [2.24, 2.45) is 7.05 Å². The van der Waals surface area contributed by atoms with Crippen molar-refractivity contribution in [3.63, 3.8) is 0 Å². The molecule has 0 aliphatic carbocycles. The number of aryl methyl sites for hydroxylation is 3. The number of hydrogen-bond donors (Lipinski definition) is 11. The standard InChI is InChI=1S/C62H92N11O24S2.Gd/c1-41(2)73(37-57(82)92-6)34-54(97-40-72(36-56(80)81)20-19-71(35-55(78)79)32-45(75)38-74)68-50(39-98(87,88)89)60(84)64-16-9-22-94-25-27-95-26-24-93-21-8-15-63-53(77)10-7-23-96-46-28-42(3)59(43(4)29-46)99(90,91)69-49(61(85)86)13-14-52(76)48-33-70(5)51-30-44(11-12-47(51)58(48)83)31-67-62-65-17-18-66-62;/h11-12,17-18,28-30,33,41,49-50,54,68-69,74H,6-10,13-16,19-27,31-32,34-40H2,1-5H3,(H,63,77)(H,64,84)(H,78,79)(H,80,81)(H,85,86)(H2,65,66,67)(H,87,88,89);/q-1;/t49-,50-,54?;/m0./s1. The zero-order chi connectivity index (χ0) is 73.2. The number of nitrogens with one attached hydrogen (secondary N) is 6. The van der Waals surface area contributed by atoms with Crippen molar-refractivity contribution in [1.29, 1.82) is 0 Å². The number of aromatic amines is 1. The van der Waals surface area contributed by atoms with E-state index in [1.165, 1.54) is 46.9 Å². The zero-order valence-electron chi connectivity index (χ0n) is 56.4. The van der Waals surface area contributed by atoms with Crippen molar-refractivity contribution >= 4 is 84.3 Å². The first-order valence-corrected chi connectivity index (χ1v) is 34.7. The number of hydrogen-bond acceptors (Lipinski definition) is 26. The molecule has 2 aromatic carbocycles. The second-order valence-corrected chi connectivity index (χ2v) is 26.3. The minimum absolute atomic E-state index is 0. The Labute approximate surface area is 611 Å². The minimum atomic E-state index is -4.82. The van der Waals surface area contributed by atoms with Crippen LogP contribution in [0.1, 0.15) is 79.4 Å². The maximum atomic E-state index is 13.7. The number of benzene rings is 2. The van der Waals surface area contributed by atoms with E-state index in [1.807, 2.05) is 0 Å². The van der Waals surface area contributed by atoms with Gasteiger partial charge >= 0.3 is 17.9 Å². The number of aliphatic hydroxyl groups is 1. The van der Waals surface area contributed by atoms with E-state index in [-0.39, 0.29) is 164 Å². The number of pyridine rings is 1. The molecule has 0 radical (unpaired) electrons. The summed E-state index contributed by atoms with van der Waals surface area (Å²) in [4.78, 5) is 123. The van der Waals surface area contributed by atoms with Gasteiger partial charge < -0.3 is 74.3 Å². The van der Waals surface area contributed by atoms with Gasteiger partial charge in [-0.2, -0.15) is 20.2 Å². The van der Waals surface area contributed by atoms with Crippen molar-refractivity contribution in [2.45, 2.75) is 102 Å². The van der Waals surface area contributed by atoms with Gasteiger partial charge in [0, 0.05) is 142 Å². The number of carboxylic acid groups (broad SMARTS) is 3. The van der Waals surface area contributed by atoms with Crippen LogP contribution in [0.3, 0.4) is 0 Å². The Morgan fingerprint density at radius 1 is 0.780 bits per heavy atom. The number of carboxylic acids is 3. The summed E-state index contributed by atoms with van der Waals surface area (Å²) in [6.45, 7) is 4.63. The van der Waals surface area contributed by atoms with Gasteiger partial charge in [-0.1, -0.05) is 6.07 Å². The van der Waals surface area contributed by atoms with Crippen LogP contribution in [0.2, 0.25) is 0 Å². The van der Waals surface area contributed by atoms with Crippen LogP contribution in [0, 0.1) is 60.9 Å². The van der Waals surface area contributed by atoms with E-state index < -0.39 is 137 Å². The third-order valence-electron chi connectivity index (χ3n) is 14.8. The van der Waals surface area contributed by atoms with Crippen molar-refractivity contribution in [3.05, 3.63) is 88.5 Å². The number of carbonyl (C=O) groups excluding carboxylic acids is 5. The largest absolute Gasteiger partial charge is 0.639 e. The number of rotatable bonds is 53. The summed E-state index contributed by atoms with van der Waals surface area (Å²) in [5.41, 5.74) is 1.22. The molecule has 2 heterocycles. The molecule has 2 amide bonds. The smallest absolute Gasteiger partial charge is 0.321 e. The molecule has 0 aliphatic rings. The van der Waals surface area contributed by atoms with E-state index in [1.54, 1.807) is 56.1 Å². The predicted molar refractivity (Wildman–Crippen MR) is 355 cm³/mol. The maximum absolute atomic E-state index is 13.7. The number of aromatic nitrogens is 3. The van der Waals surface area contributed by atoms with Gasteiger partial charge in [0.05, 0.1) is 80.9 Å². The number of H-pyrrole nitrogens is 1. The van der Waals surface area contributed by atoms with Gasteiger partial charge in [0.1, 0.15) is 37.4 Å². The molecule has 0 saturated heterocycles. The maximum Gasteiger partial charge on any atom is 0.321 e. The van der Waals surface area contributed by atoms with Crippen LogP contribution in [0.25, 0.3) is 10.9 Å². The number of sulfonamides is 1. The normalized spacial score (nSPS) is 12.7. The van der Waals surface area contributed by atoms with E-state index in [2.05, 4.69) is 47.8 Å². The van der Waals surface area contributed by atoms with Crippen LogP contribution in [-0.2, 0) is 91.0 Å². The molecule has 35 nitrogen and oxygen atoms in total. The summed E-state index contributed by atoms with van der Waals surface area (Å²) in [5.74, 6) is -7.57. The SMILES string of the molecule is [CH2-]OC(=O)CN(CC(N[C@@H](CS(=O)(=O)O)C(=O)NCCCOCCOCCOCCCNC(=O)CCCOc1cc(C)c(S(=O)(=O)N[C@@H](CCC(=O)c2cn(C)c3cc(CNc4ncc[nH]4)ccc3c2=O)C(=O)O)c(C)c1)OCN(CCN(CC(=O)O)CC(=O)CO)CC(=O)O)C(C)C.[Gd]. The van der Waals surface area contributed by atoms with Gasteiger partial charge in [-0.05, 0) is 94.3 Å². The molecule has 3 atom stereocenters. The molecule has 38 heteroatoms. The average Bonchev–Trinajstić information content (AvgIpc) is 0.844. The van der Waals surface area contributed by atoms with Crippen molar-refractivity contribution in [1.82, 2.24) is 49.9 Å². The Bertz CT molecular complexity index is 3580. The predicted octanol–water partition coefficient (Wildman–Crippen LogP) is -0.367. The van der Waals surface area contributed by atoms with E-state index in [0.717, 1.165) is 5.56 Å². The Hall–Kier alpha value is -6.60. The summed E-state index contributed by atoms with van der Waals surface area (Å²) in [7, 11) is -4.49. The second kappa shape index (κ2) is 45.4. The van der Waals surface area contributed by atoms with Crippen LogP contribution in [0.5, 0.6) is 5.75 Å². The van der Waals surface area contributed by atoms with E-state index >= 15 is 0 Å². The topological polar surface area (TPSA) is 482 Å². The fourth-order valence-corrected chi connectivity index (χ4v) is 12.2. The average molecular weight is 1600 g/mol. The Morgan fingerprint density at radius 3 is 1.98 bits per heavy atom. The molecule has 0 spiro atoms. The number of imidazole rings is 1. The number of Topliss-reactive ketones (excluding diaryl/α,β-unsaturated/α-hetero) is 2. The third-order valence-corrected chi connectivity index (χ3v) is 17.3. The summed E-state index contributed by atoms with van der Waals surface area (Å²) in [6.07, 6.45) is 3.67. The summed E-state index contributed by atoms with van der Waals surface area (Å²) in [5, 5.41) is 49.7. The van der Waals surface area contributed by atoms with Crippen LogP contribution in [-0.4, -0.2) is 267 Å². The van der Waals surface area contributed by atoms with Crippen LogP contribution in [0.15, 0.2) is 58.6 Å². The van der Waals surface area contributed by atoms with Gasteiger partial charge in [0.2, 0.25) is 21.8 Å². The number of ketones is 2. The number of ether oxygens (including phenoxy) is 6. The molecule has 11 N–H and O–H groups in total. The quantitative estimate of drug-likeness (QED) is 0.00671. The first-order chi connectivity index (χ1) is 46.9. The minimum Gasteiger partial charge on any atom is -0.639 e. The van der Waals surface area contributed by atoms with Crippen LogP contribution < -0.4 is 36.2 Å². The fraction of sp³-hybridized carbons (Fsp3) is 0.565. The Balaban J connectivity index is 0.0000260. The van der Waals surface area contributed by atoms with Crippen LogP contribution >= 0.6 is 0 Å². The number of carbonyl (C=O) groups is 8. The number of esters is 1. The fourth-order valence-electron chi connectivity index (χ4n) is 9.89. The number of nitrogens with zero attached hydrogens (tertiary/aromatic N) is 5. The molecule has 0 saturated carbocycles. The van der Waals surface area contributed by atoms with Gasteiger partial charge in [-0.3, -0.25) is 67.7 Å². The molecule has 0 fully saturated rings. The monoisotopic (exact) mass is 1600 g/mol. The molecular weight excluding hydrogens is 1500 g/mol. The van der Waals surface area contributed by atoms with E-state index in [9.17, 15) is 85.0 Å². The van der Waals surface area contributed by atoms with Gasteiger partial charge in [0.25, 0.3) is 16.1 Å². The molecule has 4 aromatic rings. The molecule has 0 aliphatic heterocycles. The number of fused-ring (bicyclic) bond motifs is 1. The van der Waals surface area contributed by atoms with Crippen LogP contribution in [0.4, 0.5) is 5.95 Å². The molecule has 2 aromatic heterocycles. The summed E-state index contributed by atoms with van der Waals surface area (Å²) >= 11 is 0. The zero-order valence-corrected chi connectivity index (χ0v) is 60.3. The van der Waals surface area contributed by atoms with Gasteiger partial charge in [-0.15, -0.1) is 0 Å². The molecule has 0 bridgehead atoms. The Kier molecular flexibility index (Phi) is 39.8. The molecule has 100 heavy (non-hydrogen) atoms. The Morgan fingerprint density at radius 2 is 1.40 bits per heavy atom. The molecule has 4 rings (SSSR count). The molecule has 1 unspecified atom stereocenters. The summed E-state index contributed by atoms with van der Waals surface area (Å²) in [6, 6.07) is 4.35. The number of aliphatic carboxylic acids is 3. The van der Waals surface area contributed by atoms with Crippen molar-refractivity contribution in [2.75, 3.05) is 130 Å². The van der Waals surface area contributed by atoms with Crippen molar-refractivity contribution in [3.8, 4) is 5.75 Å². The third kappa shape index (κ3) is 33.0. The second-order valence-electron chi connectivity index (χ2n) is 23.2. The van der Waals surface area contributed by atoms with E-state index in [4.69, 9.17) is 23.7 Å². The number of aliphatic hydroxyl groups excluding tert-OH is 1. The summed E-state index contributed by atoms with van der Waals surface area (Å²) < 4.78 is 98.4. The molecular formula is C62H92GdN11O24S2-.